The lowest BCUT2D eigenvalue weighted by atomic mass is 10.0. The highest BCUT2D eigenvalue weighted by Crippen LogP contribution is 2.24. The molecule has 0 aliphatic rings. The van der Waals surface area contributed by atoms with Crippen molar-refractivity contribution in [1.82, 2.24) is 4.72 Å². The minimum absolute atomic E-state index is 0.0292. The number of hydrogen-bond acceptors (Lipinski definition) is 5. The van der Waals surface area contributed by atoms with Crippen LogP contribution in [0.2, 0.25) is 0 Å². The van der Waals surface area contributed by atoms with E-state index in [1.54, 1.807) is 24.3 Å². The van der Waals surface area contributed by atoms with Gasteiger partial charge in [-0.15, -0.1) is 0 Å². The number of hydrogen-bond donors (Lipinski definition) is 2. The van der Waals surface area contributed by atoms with E-state index in [1.807, 2.05) is 6.92 Å². The van der Waals surface area contributed by atoms with Gasteiger partial charge in [0.2, 0.25) is 10.0 Å². The molecule has 2 rings (SSSR count). The lowest BCUT2D eigenvalue weighted by molar-refractivity contribution is -0.137. The van der Waals surface area contributed by atoms with Crippen molar-refractivity contribution >= 4 is 16.0 Å². The number of carboxylic acid groups (broad SMARTS) is 1. The predicted molar refractivity (Wildman–Crippen MR) is 101 cm³/mol. The number of methoxy groups -OCH3 is 1. The number of aliphatic carboxylic acids is 1. The first-order valence-electron chi connectivity index (χ1n) is 8.46. The van der Waals surface area contributed by atoms with Crippen molar-refractivity contribution in [3.63, 3.8) is 0 Å². The minimum Gasteiger partial charge on any atom is -0.497 e. The van der Waals surface area contributed by atoms with Gasteiger partial charge in [-0.25, -0.2) is 13.1 Å². The van der Waals surface area contributed by atoms with Crippen molar-refractivity contribution in [2.75, 3.05) is 13.7 Å². The molecule has 7 nitrogen and oxygen atoms in total. The summed E-state index contributed by atoms with van der Waals surface area (Å²) in [5.74, 6) is 0.0649. The van der Waals surface area contributed by atoms with Crippen LogP contribution in [-0.2, 0) is 14.8 Å². The average molecular weight is 393 g/mol. The summed E-state index contributed by atoms with van der Waals surface area (Å²) in [7, 11) is -2.42. The Bertz CT molecular complexity index is 847. The van der Waals surface area contributed by atoms with Crippen LogP contribution in [0.3, 0.4) is 0 Å². The van der Waals surface area contributed by atoms with Crippen molar-refractivity contribution in [2.24, 2.45) is 0 Å². The second-order valence-electron chi connectivity index (χ2n) is 5.86. The molecule has 0 saturated heterocycles. The van der Waals surface area contributed by atoms with Crippen LogP contribution in [0.5, 0.6) is 11.5 Å². The third-order valence-electron chi connectivity index (χ3n) is 3.80. The summed E-state index contributed by atoms with van der Waals surface area (Å²) in [6, 6.07) is 11.7. The first-order valence-corrected chi connectivity index (χ1v) is 9.95. The molecule has 0 amide bonds. The molecule has 0 aliphatic carbocycles. The van der Waals surface area contributed by atoms with Crippen molar-refractivity contribution in [3.05, 3.63) is 54.1 Å². The standard InChI is InChI=1S/C19H23NO6S/c1-3-12-26-16-6-4-14(5-7-16)18(13-19(21)22)20-27(23,24)17-10-8-15(25-2)9-11-17/h4-11,18,20H,3,12-13H2,1-2H3,(H,21,22). The van der Waals surface area contributed by atoms with Crippen LogP contribution >= 0.6 is 0 Å². The zero-order valence-electron chi connectivity index (χ0n) is 15.2. The van der Waals surface area contributed by atoms with Gasteiger partial charge >= 0.3 is 5.97 Å². The number of ether oxygens (including phenoxy) is 2. The molecule has 0 fully saturated rings. The smallest absolute Gasteiger partial charge is 0.305 e. The van der Waals surface area contributed by atoms with E-state index in [4.69, 9.17) is 9.47 Å². The van der Waals surface area contributed by atoms with E-state index in [1.165, 1.54) is 31.4 Å². The van der Waals surface area contributed by atoms with Crippen molar-refractivity contribution in [2.45, 2.75) is 30.7 Å². The summed E-state index contributed by atoms with van der Waals surface area (Å²) in [6.07, 6.45) is 0.482. The maximum absolute atomic E-state index is 12.6. The van der Waals surface area contributed by atoms with Gasteiger partial charge in [0.15, 0.2) is 0 Å². The van der Waals surface area contributed by atoms with Gasteiger partial charge in [-0.2, -0.15) is 0 Å². The Hall–Kier alpha value is -2.58. The summed E-state index contributed by atoms with van der Waals surface area (Å²) < 4.78 is 38.3. The Morgan fingerprint density at radius 3 is 2.19 bits per heavy atom. The molecule has 0 radical (unpaired) electrons. The molecule has 1 unspecified atom stereocenters. The van der Waals surface area contributed by atoms with Crippen LogP contribution in [0.1, 0.15) is 31.4 Å². The summed E-state index contributed by atoms with van der Waals surface area (Å²) in [4.78, 5) is 11.3. The van der Waals surface area contributed by atoms with Gasteiger partial charge in [-0.1, -0.05) is 19.1 Å². The zero-order chi connectivity index (χ0) is 19.9. The van der Waals surface area contributed by atoms with Gasteiger partial charge < -0.3 is 14.6 Å². The fourth-order valence-corrected chi connectivity index (χ4v) is 3.65. The second-order valence-corrected chi connectivity index (χ2v) is 7.58. The monoisotopic (exact) mass is 393 g/mol. The third kappa shape index (κ3) is 5.97. The molecule has 2 N–H and O–H groups in total. The van der Waals surface area contributed by atoms with E-state index in [9.17, 15) is 18.3 Å². The maximum atomic E-state index is 12.6. The molecule has 1 atom stereocenters. The number of rotatable bonds is 10. The topological polar surface area (TPSA) is 102 Å². The normalized spacial score (nSPS) is 12.4. The maximum Gasteiger partial charge on any atom is 0.305 e. The number of carboxylic acids is 1. The van der Waals surface area contributed by atoms with E-state index in [2.05, 4.69) is 4.72 Å². The summed E-state index contributed by atoms with van der Waals surface area (Å²) >= 11 is 0. The third-order valence-corrected chi connectivity index (χ3v) is 5.29. The Morgan fingerprint density at radius 1 is 1.07 bits per heavy atom. The molecule has 2 aromatic carbocycles. The van der Waals surface area contributed by atoms with Gasteiger partial charge in [-0.3, -0.25) is 4.79 Å². The van der Waals surface area contributed by atoms with E-state index in [0.29, 0.717) is 23.7 Å². The molecule has 0 bridgehead atoms. The van der Waals surface area contributed by atoms with Crippen molar-refractivity contribution < 1.29 is 27.8 Å². The van der Waals surface area contributed by atoms with Crippen LogP contribution in [0, 0.1) is 0 Å². The van der Waals surface area contributed by atoms with Gasteiger partial charge in [-0.05, 0) is 48.4 Å². The van der Waals surface area contributed by atoms with Gasteiger partial charge in [0, 0.05) is 0 Å². The van der Waals surface area contributed by atoms with Gasteiger partial charge in [0.05, 0.1) is 31.1 Å². The van der Waals surface area contributed by atoms with E-state index >= 15 is 0 Å². The van der Waals surface area contributed by atoms with Crippen molar-refractivity contribution in [3.8, 4) is 11.5 Å². The highest BCUT2D eigenvalue weighted by molar-refractivity contribution is 7.89. The largest absolute Gasteiger partial charge is 0.497 e. The summed E-state index contributed by atoms with van der Waals surface area (Å²) in [5, 5.41) is 9.18. The predicted octanol–water partition coefficient (Wildman–Crippen LogP) is 2.98. The second kappa shape index (κ2) is 9.38. The van der Waals surface area contributed by atoms with Crippen LogP contribution < -0.4 is 14.2 Å². The molecule has 146 valence electrons. The fourth-order valence-electron chi connectivity index (χ4n) is 2.43. The Morgan fingerprint density at radius 2 is 1.67 bits per heavy atom. The summed E-state index contributed by atoms with van der Waals surface area (Å²) in [5.41, 5.74) is 0.540. The minimum atomic E-state index is -3.90. The van der Waals surface area contributed by atoms with Gasteiger partial charge in [0.25, 0.3) is 0 Å². The Kier molecular flexibility index (Phi) is 7.20. The molecule has 2 aromatic rings. The summed E-state index contributed by atoms with van der Waals surface area (Å²) in [6.45, 7) is 2.56. The van der Waals surface area contributed by atoms with Crippen molar-refractivity contribution in [1.29, 1.82) is 0 Å². The number of carbonyl (C=O) groups is 1. The number of benzene rings is 2. The first-order chi connectivity index (χ1) is 12.9. The van der Waals surface area contributed by atoms with E-state index in [-0.39, 0.29) is 11.3 Å². The lowest BCUT2D eigenvalue weighted by Crippen LogP contribution is -2.30. The first kappa shape index (κ1) is 20.7. The molecule has 0 aromatic heterocycles. The van der Waals surface area contributed by atoms with Gasteiger partial charge in [0.1, 0.15) is 11.5 Å². The van der Waals surface area contributed by atoms with E-state index in [0.717, 1.165) is 6.42 Å². The van der Waals surface area contributed by atoms with E-state index < -0.39 is 22.0 Å². The SMILES string of the molecule is CCCOc1ccc(C(CC(=O)O)NS(=O)(=O)c2ccc(OC)cc2)cc1. The van der Waals surface area contributed by atoms with Crippen LogP contribution in [0.25, 0.3) is 0 Å². The quantitative estimate of drug-likeness (QED) is 0.643. The Labute approximate surface area is 159 Å². The fraction of sp³-hybridized carbons (Fsp3) is 0.316. The lowest BCUT2D eigenvalue weighted by Gasteiger charge is -2.18. The highest BCUT2D eigenvalue weighted by Gasteiger charge is 2.23. The van der Waals surface area contributed by atoms with Crippen LogP contribution in [-0.4, -0.2) is 33.2 Å². The molecular weight excluding hydrogens is 370 g/mol. The number of nitrogens with one attached hydrogen (secondary N) is 1. The molecule has 27 heavy (non-hydrogen) atoms. The number of sulfonamides is 1. The molecule has 8 heteroatoms. The average Bonchev–Trinajstić information content (AvgIpc) is 2.65. The molecule has 0 aliphatic heterocycles. The van der Waals surface area contributed by atoms with Crippen LogP contribution in [0.4, 0.5) is 0 Å². The molecule has 0 spiro atoms. The molecule has 0 saturated carbocycles. The molecule has 0 heterocycles. The Balaban J connectivity index is 2.23. The zero-order valence-corrected chi connectivity index (χ0v) is 16.0. The highest BCUT2D eigenvalue weighted by atomic mass is 32.2. The molecular formula is C19H23NO6S. The van der Waals surface area contributed by atoms with Crippen LogP contribution in [0.15, 0.2) is 53.4 Å².